The number of amidine groups is 1. The number of methoxy groups -OCH3 is 1. The molecular formula is C12H17N3O3. The second kappa shape index (κ2) is 5.39. The number of ether oxygens (including phenoxy) is 1. The Bertz CT molecular complexity index is 452. The highest BCUT2D eigenvalue weighted by Gasteiger charge is 2.32. The van der Waals surface area contributed by atoms with E-state index in [4.69, 9.17) is 15.7 Å². The van der Waals surface area contributed by atoms with E-state index < -0.39 is 5.41 Å². The molecule has 1 amide bonds. The number of anilines is 1. The molecule has 6 heteroatoms. The van der Waals surface area contributed by atoms with Crippen molar-refractivity contribution in [3.8, 4) is 5.75 Å². The lowest BCUT2D eigenvalue weighted by atomic mass is 9.91. The van der Waals surface area contributed by atoms with Crippen molar-refractivity contribution in [3.05, 3.63) is 24.3 Å². The highest BCUT2D eigenvalue weighted by atomic mass is 16.5. The number of amides is 1. The highest BCUT2D eigenvalue weighted by Crippen LogP contribution is 2.20. The van der Waals surface area contributed by atoms with Gasteiger partial charge in [-0.2, -0.15) is 0 Å². The van der Waals surface area contributed by atoms with Crippen molar-refractivity contribution in [2.45, 2.75) is 13.8 Å². The fraction of sp³-hybridized carbons (Fsp3) is 0.333. The van der Waals surface area contributed by atoms with Gasteiger partial charge < -0.3 is 21.0 Å². The smallest absolute Gasteiger partial charge is 0.237 e. The van der Waals surface area contributed by atoms with Crippen LogP contribution in [-0.4, -0.2) is 24.1 Å². The summed E-state index contributed by atoms with van der Waals surface area (Å²) in [7, 11) is 1.56. The normalized spacial score (nSPS) is 12.1. The van der Waals surface area contributed by atoms with E-state index in [2.05, 4.69) is 10.5 Å². The Hall–Kier alpha value is -2.24. The zero-order chi connectivity index (χ0) is 13.8. The van der Waals surface area contributed by atoms with Crippen molar-refractivity contribution in [3.63, 3.8) is 0 Å². The molecule has 98 valence electrons. The van der Waals surface area contributed by atoms with Crippen LogP contribution in [0.5, 0.6) is 5.75 Å². The van der Waals surface area contributed by atoms with Gasteiger partial charge in [-0.15, -0.1) is 0 Å². The quantitative estimate of drug-likeness (QED) is 0.326. The van der Waals surface area contributed by atoms with Crippen LogP contribution < -0.4 is 15.8 Å². The van der Waals surface area contributed by atoms with E-state index in [0.29, 0.717) is 11.4 Å². The number of carbonyl (C=O) groups excluding carboxylic acids is 1. The number of carbonyl (C=O) groups is 1. The van der Waals surface area contributed by atoms with Crippen LogP contribution in [-0.2, 0) is 4.79 Å². The number of nitrogens with one attached hydrogen (secondary N) is 1. The molecule has 0 aliphatic carbocycles. The number of nitrogens with zero attached hydrogens (tertiary/aromatic N) is 1. The zero-order valence-electron chi connectivity index (χ0n) is 10.6. The van der Waals surface area contributed by atoms with E-state index in [1.165, 1.54) is 0 Å². The van der Waals surface area contributed by atoms with Crippen molar-refractivity contribution in [1.29, 1.82) is 0 Å². The first-order valence-electron chi connectivity index (χ1n) is 5.35. The standard InChI is InChI=1S/C12H17N3O3/c1-12(2,10(13)15-17)11(16)14-8-4-6-9(18-3)7-5-8/h4-7,17H,1-3H3,(H2,13,15)(H,14,16). The molecule has 4 N–H and O–H groups in total. The minimum absolute atomic E-state index is 0.145. The number of hydrogen-bond donors (Lipinski definition) is 3. The van der Waals surface area contributed by atoms with Crippen molar-refractivity contribution >= 4 is 17.4 Å². The fourth-order valence-corrected chi connectivity index (χ4v) is 1.20. The van der Waals surface area contributed by atoms with E-state index in [0.717, 1.165) is 0 Å². The number of benzene rings is 1. The molecule has 0 heterocycles. The summed E-state index contributed by atoms with van der Waals surface area (Å²) in [6, 6.07) is 6.87. The molecule has 18 heavy (non-hydrogen) atoms. The van der Waals surface area contributed by atoms with Gasteiger partial charge in [0.15, 0.2) is 5.84 Å². The summed E-state index contributed by atoms with van der Waals surface area (Å²) in [4.78, 5) is 12.0. The monoisotopic (exact) mass is 251 g/mol. The summed E-state index contributed by atoms with van der Waals surface area (Å²) >= 11 is 0. The Balaban J connectivity index is 2.81. The van der Waals surface area contributed by atoms with Crippen LogP contribution in [0.15, 0.2) is 29.4 Å². The van der Waals surface area contributed by atoms with Crippen LogP contribution in [0.3, 0.4) is 0 Å². The van der Waals surface area contributed by atoms with Crippen molar-refractivity contribution < 1.29 is 14.7 Å². The van der Waals surface area contributed by atoms with Crippen LogP contribution in [0, 0.1) is 5.41 Å². The lowest BCUT2D eigenvalue weighted by Crippen LogP contribution is -2.42. The van der Waals surface area contributed by atoms with Gasteiger partial charge in [0.25, 0.3) is 0 Å². The maximum absolute atomic E-state index is 12.0. The van der Waals surface area contributed by atoms with E-state index in [-0.39, 0.29) is 11.7 Å². The summed E-state index contributed by atoms with van der Waals surface area (Å²) in [5, 5.41) is 14.2. The Morgan fingerprint density at radius 2 is 1.94 bits per heavy atom. The molecule has 0 aromatic heterocycles. The van der Waals surface area contributed by atoms with Gasteiger partial charge in [-0.05, 0) is 38.1 Å². The molecule has 0 radical (unpaired) electrons. The molecule has 0 unspecified atom stereocenters. The predicted molar refractivity (Wildman–Crippen MR) is 68.8 cm³/mol. The first-order chi connectivity index (χ1) is 8.41. The van der Waals surface area contributed by atoms with Crippen LogP contribution >= 0.6 is 0 Å². The number of oxime groups is 1. The Morgan fingerprint density at radius 1 is 1.39 bits per heavy atom. The molecule has 0 saturated carbocycles. The third-order valence-corrected chi connectivity index (χ3v) is 2.66. The molecule has 0 aliphatic rings. The molecule has 0 aliphatic heterocycles. The molecule has 0 atom stereocenters. The molecule has 1 aromatic rings. The van der Waals surface area contributed by atoms with Gasteiger partial charge in [-0.3, -0.25) is 4.79 Å². The topological polar surface area (TPSA) is 96.9 Å². The van der Waals surface area contributed by atoms with Crippen LogP contribution in [0.2, 0.25) is 0 Å². The fourth-order valence-electron chi connectivity index (χ4n) is 1.20. The summed E-state index contributed by atoms with van der Waals surface area (Å²) in [5.41, 5.74) is 4.99. The van der Waals surface area contributed by atoms with E-state index in [1.807, 2.05) is 0 Å². The van der Waals surface area contributed by atoms with E-state index >= 15 is 0 Å². The number of hydrogen-bond acceptors (Lipinski definition) is 4. The summed E-state index contributed by atoms with van der Waals surface area (Å²) in [5.74, 6) is 0.195. The molecule has 6 nitrogen and oxygen atoms in total. The molecule has 1 aromatic carbocycles. The maximum atomic E-state index is 12.0. The molecule has 0 fully saturated rings. The summed E-state index contributed by atoms with van der Waals surface area (Å²) in [6.07, 6.45) is 0. The third-order valence-electron chi connectivity index (χ3n) is 2.66. The van der Waals surface area contributed by atoms with Crippen molar-refractivity contribution in [1.82, 2.24) is 0 Å². The van der Waals surface area contributed by atoms with E-state index in [1.54, 1.807) is 45.2 Å². The molecule has 0 bridgehead atoms. The van der Waals surface area contributed by atoms with Gasteiger partial charge in [0, 0.05) is 5.69 Å². The average molecular weight is 251 g/mol. The molecular weight excluding hydrogens is 234 g/mol. The second-order valence-electron chi connectivity index (χ2n) is 4.29. The van der Waals surface area contributed by atoms with Gasteiger partial charge in [0.05, 0.1) is 7.11 Å². The van der Waals surface area contributed by atoms with Crippen molar-refractivity contribution in [2.75, 3.05) is 12.4 Å². The van der Waals surface area contributed by atoms with Crippen LogP contribution in [0.25, 0.3) is 0 Å². The predicted octanol–water partition coefficient (Wildman–Crippen LogP) is 1.41. The maximum Gasteiger partial charge on any atom is 0.237 e. The van der Waals surface area contributed by atoms with Gasteiger partial charge in [0.1, 0.15) is 11.2 Å². The molecule has 0 saturated heterocycles. The lowest BCUT2D eigenvalue weighted by Gasteiger charge is -2.21. The minimum Gasteiger partial charge on any atom is -0.497 e. The molecule has 1 rings (SSSR count). The Morgan fingerprint density at radius 3 is 2.39 bits per heavy atom. The van der Waals surface area contributed by atoms with Gasteiger partial charge >= 0.3 is 0 Å². The minimum atomic E-state index is -1.09. The molecule has 0 spiro atoms. The first-order valence-corrected chi connectivity index (χ1v) is 5.35. The van der Waals surface area contributed by atoms with Gasteiger partial charge in [-0.1, -0.05) is 5.16 Å². The number of nitrogens with two attached hydrogens (primary N) is 1. The largest absolute Gasteiger partial charge is 0.497 e. The Kier molecular flexibility index (Phi) is 4.14. The lowest BCUT2D eigenvalue weighted by molar-refractivity contribution is -0.121. The first kappa shape index (κ1) is 13.8. The zero-order valence-corrected chi connectivity index (χ0v) is 10.6. The number of rotatable bonds is 4. The van der Waals surface area contributed by atoms with Gasteiger partial charge in [0.2, 0.25) is 5.91 Å². The average Bonchev–Trinajstić information content (AvgIpc) is 2.38. The third kappa shape index (κ3) is 2.91. The van der Waals surface area contributed by atoms with E-state index in [9.17, 15) is 4.79 Å². The summed E-state index contributed by atoms with van der Waals surface area (Å²) < 4.78 is 5.01. The van der Waals surface area contributed by atoms with Crippen LogP contribution in [0.4, 0.5) is 5.69 Å². The summed E-state index contributed by atoms with van der Waals surface area (Å²) in [6.45, 7) is 3.14. The highest BCUT2D eigenvalue weighted by molar-refractivity contribution is 6.11. The SMILES string of the molecule is COc1ccc(NC(=O)C(C)(C)C(N)=NO)cc1. The second-order valence-corrected chi connectivity index (χ2v) is 4.29. The van der Waals surface area contributed by atoms with Crippen LogP contribution in [0.1, 0.15) is 13.8 Å². The van der Waals surface area contributed by atoms with Gasteiger partial charge in [-0.25, -0.2) is 0 Å². The Labute approximate surface area is 105 Å². The van der Waals surface area contributed by atoms with Crippen molar-refractivity contribution in [2.24, 2.45) is 16.3 Å².